The highest BCUT2D eigenvalue weighted by Gasteiger charge is 2.16. The Hall–Kier alpha value is -1.75. The summed E-state index contributed by atoms with van der Waals surface area (Å²) in [6, 6.07) is 8.32. The fraction of sp³-hybridized carbons (Fsp3) is 0.412. The van der Waals surface area contributed by atoms with Gasteiger partial charge < -0.3 is 5.32 Å². The number of anilines is 2. The molecule has 116 valence electrons. The second-order valence-electron chi connectivity index (χ2n) is 5.57. The molecule has 3 rings (SSSR count). The van der Waals surface area contributed by atoms with E-state index in [0.29, 0.717) is 5.95 Å². The van der Waals surface area contributed by atoms with Crippen molar-refractivity contribution in [3.05, 3.63) is 51.4 Å². The van der Waals surface area contributed by atoms with Crippen LogP contribution in [-0.4, -0.2) is 15.7 Å². The zero-order chi connectivity index (χ0) is 15.4. The summed E-state index contributed by atoms with van der Waals surface area (Å²) in [6.07, 6.45) is 3.99. The van der Waals surface area contributed by atoms with Gasteiger partial charge in [-0.3, -0.25) is 9.78 Å². The third-order valence-electron chi connectivity index (χ3n) is 3.78. The Bertz CT molecular complexity index is 694. The van der Waals surface area contributed by atoms with Crippen LogP contribution in [0.3, 0.4) is 0 Å². The topological polar surface area (TPSA) is 57.8 Å². The number of aromatic nitrogens is 2. The van der Waals surface area contributed by atoms with Gasteiger partial charge in [0.15, 0.2) is 0 Å². The predicted molar refractivity (Wildman–Crippen MR) is 93.1 cm³/mol. The summed E-state index contributed by atoms with van der Waals surface area (Å²) in [5.41, 5.74) is 4.06. The molecule has 2 N–H and O–H groups in total. The lowest BCUT2D eigenvalue weighted by Gasteiger charge is -2.08. The summed E-state index contributed by atoms with van der Waals surface area (Å²) in [4.78, 5) is 19.3. The van der Waals surface area contributed by atoms with Crippen molar-refractivity contribution in [1.29, 1.82) is 0 Å². The second-order valence-corrected chi connectivity index (χ2v) is 6.67. The molecule has 1 aliphatic carbocycles. The van der Waals surface area contributed by atoms with Crippen LogP contribution < -0.4 is 10.9 Å². The van der Waals surface area contributed by atoms with Crippen LogP contribution in [0.25, 0.3) is 0 Å². The maximum atomic E-state index is 12.0. The Labute approximate surface area is 134 Å². The first-order valence-corrected chi connectivity index (χ1v) is 8.97. The Kier molecular flexibility index (Phi) is 4.83. The van der Waals surface area contributed by atoms with E-state index in [1.54, 1.807) is 0 Å². The molecule has 0 radical (unpaired) electrons. The van der Waals surface area contributed by atoms with Crippen molar-refractivity contribution < 1.29 is 0 Å². The van der Waals surface area contributed by atoms with Crippen LogP contribution in [0.2, 0.25) is 0 Å². The number of aromatic amines is 1. The molecule has 0 saturated heterocycles. The number of hydrogen-bond donors (Lipinski definition) is 2. The highest BCUT2D eigenvalue weighted by Crippen LogP contribution is 2.20. The van der Waals surface area contributed by atoms with Crippen LogP contribution in [-0.2, 0) is 18.6 Å². The monoisotopic (exact) mass is 315 g/mol. The summed E-state index contributed by atoms with van der Waals surface area (Å²) < 4.78 is 0. The van der Waals surface area contributed by atoms with Crippen LogP contribution in [0.4, 0.5) is 11.6 Å². The number of nitrogens with one attached hydrogen (secondary N) is 2. The van der Waals surface area contributed by atoms with Crippen LogP contribution in [0, 0.1) is 0 Å². The maximum absolute atomic E-state index is 12.0. The maximum Gasteiger partial charge on any atom is 0.255 e. The van der Waals surface area contributed by atoms with E-state index in [1.807, 2.05) is 23.9 Å². The molecule has 0 saturated carbocycles. The molecule has 1 aromatic heterocycles. The number of aryl methyl sites for hydroxylation is 1. The first kappa shape index (κ1) is 15.2. The highest BCUT2D eigenvalue weighted by atomic mass is 32.2. The largest absolute Gasteiger partial charge is 0.326 e. The summed E-state index contributed by atoms with van der Waals surface area (Å²) in [7, 11) is 0. The second kappa shape index (κ2) is 7.01. The lowest BCUT2D eigenvalue weighted by atomic mass is 10.2. The minimum absolute atomic E-state index is 0.00224. The lowest BCUT2D eigenvalue weighted by Crippen LogP contribution is -2.16. The van der Waals surface area contributed by atoms with E-state index < -0.39 is 0 Å². The van der Waals surface area contributed by atoms with Crippen molar-refractivity contribution in [1.82, 2.24) is 9.97 Å². The van der Waals surface area contributed by atoms with Gasteiger partial charge in [-0.1, -0.05) is 19.1 Å². The number of H-pyrrole nitrogens is 1. The zero-order valence-corrected chi connectivity index (χ0v) is 13.6. The Morgan fingerprint density at radius 2 is 2.09 bits per heavy atom. The molecule has 4 nitrogen and oxygen atoms in total. The number of benzene rings is 1. The van der Waals surface area contributed by atoms with E-state index in [0.717, 1.165) is 42.0 Å². The number of nitrogens with zero attached hydrogens (tertiary/aromatic N) is 1. The first-order chi connectivity index (χ1) is 10.8. The van der Waals surface area contributed by atoms with Crippen LogP contribution in [0.1, 0.15) is 36.6 Å². The lowest BCUT2D eigenvalue weighted by molar-refractivity contribution is 0.899. The van der Waals surface area contributed by atoms with E-state index in [4.69, 9.17) is 0 Å². The number of rotatable bonds is 6. The van der Waals surface area contributed by atoms with Crippen molar-refractivity contribution in [2.45, 2.75) is 38.4 Å². The molecular weight excluding hydrogens is 294 g/mol. The molecule has 0 aliphatic heterocycles. The molecule has 2 aromatic rings. The molecule has 1 heterocycles. The summed E-state index contributed by atoms with van der Waals surface area (Å²) in [5, 5.41) is 3.20. The average Bonchev–Trinajstić information content (AvgIpc) is 2.98. The van der Waals surface area contributed by atoms with Gasteiger partial charge in [-0.2, -0.15) is 11.8 Å². The first-order valence-electron chi connectivity index (χ1n) is 7.82. The van der Waals surface area contributed by atoms with Gasteiger partial charge in [-0.25, -0.2) is 4.98 Å². The van der Waals surface area contributed by atoms with E-state index in [9.17, 15) is 4.79 Å². The highest BCUT2D eigenvalue weighted by molar-refractivity contribution is 7.98. The van der Waals surface area contributed by atoms with Gasteiger partial charge >= 0.3 is 0 Å². The molecule has 1 aliphatic rings. The fourth-order valence-corrected chi connectivity index (χ4v) is 3.52. The van der Waals surface area contributed by atoms with Gasteiger partial charge in [-0.05, 0) is 49.1 Å². The van der Waals surface area contributed by atoms with Gasteiger partial charge in [0.25, 0.3) is 5.56 Å². The van der Waals surface area contributed by atoms with Gasteiger partial charge in [0, 0.05) is 17.0 Å². The molecule has 5 heteroatoms. The van der Waals surface area contributed by atoms with Crippen LogP contribution >= 0.6 is 11.8 Å². The minimum Gasteiger partial charge on any atom is -0.326 e. The Morgan fingerprint density at radius 1 is 1.27 bits per heavy atom. The summed E-state index contributed by atoms with van der Waals surface area (Å²) in [5.74, 6) is 2.78. The molecule has 0 bridgehead atoms. The molecule has 22 heavy (non-hydrogen) atoms. The Morgan fingerprint density at radius 3 is 2.86 bits per heavy atom. The number of fused-ring (bicyclic) bond motifs is 1. The molecule has 0 fully saturated rings. The van der Waals surface area contributed by atoms with Crippen molar-refractivity contribution in [3.8, 4) is 0 Å². The predicted octanol–water partition coefficient (Wildman–Crippen LogP) is 3.65. The van der Waals surface area contributed by atoms with E-state index >= 15 is 0 Å². The zero-order valence-electron chi connectivity index (χ0n) is 12.8. The Balaban J connectivity index is 1.68. The van der Waals surface area contributed by atoms with Crippen molar-refractivity contribution in [2.24, 2.45) is 0 Å². The van der Waals surface area contributed by atoms with Gasteiger partial charge in [0.05, 0.1) is 5.69 Å². The smallest absolute Gasteiger partial charge is 0.255 e. The van der Waals surface area contributed by atoms with E-state index in [1.165, 1.54) is 17.7 Å². The van der Waals surface area contributed by atoms with Crippen LogP contribution in [0.15, 0.2) is 29.1 Å². The van der Waals surface area contributed by atoms with Crippen LogP contribution in [0.5, 0.6) is 0 Å². The fourth-order valence-electron chi connectivity index (χ4n) is 2.66. The number of hydrogen-bond acceptors (Lipinski definition) is 4. The van der Waals surface area contributed by atoms with Crippen molar-refractivity contribution >= 4 is 23.4 Å². The summed E-state index contributed by atoms with van der Waals surface area (Å²) in [6.45, 7) is 2.20. The van der Waals surface area contributed by atoms with Gasteiger partial charge in [0.1, 0.15) is 0 Å². The average molecular weight is 315 g/mol. The third-order valence-corrected chi connectivity index (χ3v) is 5.01. The SMILES string of the molecule is CCCSCc1ccc(Nc2nc3c(c(=O)[nH]2)CCC3)cc1. The molecule has 0 spiro atoms. The van der Waals surface area contributed by atoms with Gasteiger partial charge in [-0.15, -0.1) is 0 Å². The van der Waals surface area contributed by atoms with E-state index in [-0.39, 0.29) is 5.56 Å². The molecule has 1 aromatic carbocycles. The van der Waals surface area contributed by atoms with E-state index in [2.05, 4.69) is 34.3 Å². The van der Waals surface area contributed by atoms with Crippen molar-refractivity contribution in [3.63, 3.8) is 0 Å². The van der Waals surface area contributed by atoms with Crippen molar-refractivity contribution in [2.75, 3.05) is 11.1 Å². The molecule has 0 unspecified atom stereocenters. The molecular formula is C17H21N3OS. The van der Waals surface area contributed by atoms with Gasteiger partial charge in [0.2, 0.25) is 5.95 Å². The third kappa shape index (κ3) is 3.53. The summed E-state index contributed by atoms with van der Waals surface area (Å²) >= 11 is 1.95. The molecule has 0 amide bonds. The molecule has 0 atom stereocenters. The number of thioether (sulfide) groups is 1. The standard InChI is InChI=1S/C17H21N3OS/c1-2-10-22-11-12-6-8-13(9-7-12)18-17-19-15-5-3-4-14(15)16(21)20-17/h6-9H,2-5,10-11H2,1H3,(H2,18,19,20,21). The minimum atomic E-state index is -0.00224. The normalized spacial score (nSPS) is 13.1. The quantitative estimate of drug-likeness (QED) is 0.799.